The van der Waals surface area contributed by atoms with Gasteiger partial charge in [0.25, 0.3) is 5.69 Å². The first kappa shape index (κ1) is 21.2. The van der Waals surface area contributed by atoms with Crippen LogP contribution in [0.4, 0.5) is 5.69 Å². The SMILES string of the molecule is COc1ccc(C)cc1C[NH+]1CCN(S(=O)(=O)c2ccc(C)c([N+](=O)[O-])c2)CC1. The number of methoxy groups -OCH3 is 1. The molecule has 1 saturated heterocycles. The van der Waals surface area contributed by atoms with Crippen LogP contribution in [0.5, 0.6) is 5.75 Å². The minimum absolute atomic E-state index is 0.0291. The third-order valence-corrected chi connectivity index (χ3v) is 7.22. The Hall–Kier alpha value is -2.49. The first-order chi connectivity index (χ1) is 13.7. The van der Waals surface area contributed by atoms with Gasteiger partial charge in [0, 0.05) is 17.2 Å². The molecule has 0 aliphatic carbocycles. The Labute approximate surface area is 170 Å². The molecule has 8 nitrogen and oxygen atoms in total. The summed E-state index contributed by atoms with van der Waals surface area (Å²) in [5.41, 5.74) is 2.52. The highest BCUT2D eigenvalue weighted by molar-refractivity contribution is 7.89. The van der Waals surface area contributed by atoms with Crippen LogP contribution in [0.25, 0.3) is 0 Å². The van der Waals surface area contributed by atoms with Crippen molar-refractivity contribution < 1.29 is 23.0 Å². The summed E-state index contributed by atoms with van der Waals surface area (Å²) in [6.45, 7) is 6.43. The molecular weight excluding hydrogens is 394 g/mol. The quantitative estimate of drug-likeness (QED) is 0.562. The zero-order valence-electron chi connectivity index (χ0n) is 16.8. The number of nitro benzene ring substituents is 1. The minimum Gasteiger partial charge on any atom is -0.496 e. The number of ether oxygens (including phenoxy) is 1. The molecule has 29 heavy (non-hydrogen) atoms. The molecular formula is C20H26N3O5S+. The number of nitrogens with one attached hydrogen (secondary N) is 1. The second-order valence-corrected chi connectivity index (χ2v) is 9.29. The predicted octanol–water partition coefficient (Wildman–Crippen LogP) is 1.31. The Balaban J connectivity index is 1.71. The number of piperazine rings is 1. The van der Waals surface area contributed by atoms with Crippen molar-refractivity contribution in [3.8, 4) is 5.75 Å². The number of rotatable bonds is 6. The van der Waals surface area contributed by atoms with Crippen molar-refractivity contribution in [1.29, 1.82) is 0 Å². The lowest BCUT2D eigenvalue weighted by molar-refractivity contribution is -0.917. The molecule has 156 valence electrons. The summed E-state index contributed by atoms with van der Waals surface area (Å²) >= 11 is 0. The fraction of sp³-hybridized carbons (Fsp3) is 0.400. The van der Waals surface area contributed by atoms with E-state index in [2.05, 4.69) is 6.07 Å². The maximum Gasteiger partial charge on any atom is 0.273 e. The molecule has 0 atom stereocenters. The Kier molecular flexibility index (Phi) is 6.21. The van der Waals surface area contributed by atoms with Crippen molar-refractivity contribution >= 4 is 15.7 Å². The van der Waals surface area contributed by atoms with Crippen molar-refractivity contribution in [2.45, 2.75) is 25.3 Å². The van der Waals surface area contributed by atoms with Crippen molar-refractivity contribution in [2.24, 2.45) is 0 Å². The Bertz CT molecular complexity index is 1010. The van der Waals surface area contributed by atoms with Crippen molar-refractivity contribution in [2.75, 3.05) is 33.3 Å². The molecule has 0 amide bonds. The van der Waals surface area contributed by atoms with Crippen LogP contribution >= 0.6 is 0 Å². The zero-order valence-corrected chi connectivity index (χ0v) is 17.7. The van der Waals surface area contributed by atoms with E-state index in [1.165, 1.54) is 21.3 Å². The van der Waals surface area contributed by atoms with Gasteiger partial charge in [-0.25, -0.2) is 8.42 Å². The first-order valence-corrected chi connectivity index (χ1v) is 10.9. The molecule has 0 radical (unpaired) electrons. The molecule has 1 N–H and O–H groups in total. The zero-order chi connectivity index (χ0) is 21.2. The molecule has 0 saturated carbocycles. The van der Waals surface area contributed by atoms with Crippen LogP contribution in [0, 0.1) is 24.0 Å². The van der Waals surface area contributed by atoms with Gasteiger partial charge in [0.05, 0.1) is 43.1 Å². The predicted molar refractivity (Wildman–Crippen MR) is 109 cm³/mol. The van der Waals surface area contributed by atoms with Crippen molar-refractivity contribution in [3.05, 3.63) is 63.2 Å². The van der Waals surface area contributed by atoms with Crippen LogP contribution in [0.1, 0.15) is 16.7 Å². The summed E-state index contributed by atoms with van der Waals surface area (Å²) in [5.74, 6) is 0.838. The molecule has 0 spiro atoms. The van der Waals surface area contributed by atoms with E-state index in [1.807, 2.05) is 19.1 Å². The highest BCUT2D eigenvalue weighted by Gasteiger charge is 2.32. The number of sulfonamides is 1. The van der Waals surface area contributed by atoms with Crippen molar-refractivity contribution in [3.63, 3.8) is 0 Å². The number of aryl methyl sites for hydroxylation is 2. The third kappa shape index (κ3) is 4.58. The second-order valence-electron chi connectivity index (χ2n) is 7.35. The number of nitrogens with zero attached hydrogens (tertiary/aromatic N) is 2. The highest BCUT2D eigenvalue weighted by Crippen LogP contribution is 2.24. The van der Waals surface area contributed by atoms with E-state index in [4.69, 9.17) is 4.74 Å². The fourth-order valence-electron chi connectivity index (χ4n) is 3.63. The van der Waals surface area contributed by atoms with Crippen molar-refractivity contribution in [1.82, 2.24) is 4.31 Å². The van der Waals surface area contributed by atoms with E-state index in [1.54, 1.807) is 14.0 Å². The Morgan fingerprint density at radius 3 is 2.45 bits per heavy atom. The molecule has 1 aliphatic heterocycles. The highest BCUT2D eigenvalue weighted by atomic mass is 32.2. The lowest BCUT2D eigenvalue weighted by Gasteiger charge is -2.31. The first-order valence-electron chi connectivity index (χ1n) is 9.44. The molecule has 0 unspecified atom stereocenters. The van der Waals surface area contributed by atoms with Crippen LogP contribution in [0.15, 0.2) is 41.3 Å². The summed E-state index contributed by atoms with van der Waals surface area (Å²) in [5, 5.41) is 11.2. The van der Waals surface area contributed by atoms with E-state index < -0.39 is 14.9 Å². The number of hydrogen-bond acceptors (Lipinski definition) is 5. The average Bonchev–Trinajstić information content (AvgIpc) is 2.68. The molecule has 2 aromatic rings. The lowest BCUT2D eigenvalue weighted by Crippen LogP contribution is -3.13. The Morgan fingerprint density at radius 1 is 1.14 bits per heavy atom. The maximum absolute atomic E-state index is 13.0. The molecule has 3 rings (SSSR count). The van der Waals surface area contributed by atoms with Gasteiger partial charge in [-0.15, -0.1) is 0 Å². The van der Waals surface area contributed by atoms with E-state index in [0.717, 1.165) is 29.5 Å². The lowest BCUT2D eigenvalue weighted by atomic mass is 10.1. The third-order valence-electron chi connectivity index (χ3n) is 5.32. The number of benzene rings is 2. The van der Waals surface area contributed by atoms with Gasteiger partial charge in [0.1, 0.15) is 12.3 Å². The van der Waals surface area contributed by atoms with E-state index in [-0.39, 0.29) is 10.6 Å². The van der Waals surface area contributed by atoms with Crippen LogP contribution < -0.4 is 9.64 Å². The summed E-state index contributed by atoms with van der Waals surface area (Å²) in [6, 6.07) is 10.1. The summed E-state index contributed by atoms with van der Waals surface area (Å²) in [6.07, 6.45) is 0. The molecule has 0 bridgehead atoms. The van der Waals surface area contributed by atoms with Gasteiger partial charge < -0.3 is 9.64 Å². The summed E-state index contributed by atoms with van der Waals surface area (Å²) in [4.78, 5) is 11.8. The van der Waals surface area contributed by atoms with Crippen LogP contribution in [0.3, 0.4) is 0 Å². The number of quaternary nitrogens is 1. The summed E-state index contributed by atoms with van der Waals surface area (Å²) in [7, 11) is -2.11. The van der Waals surface area contributed by atoms with E-state index in [9.17, 15) is 18.5 Å². The van der Waals surface area contributed by atoms with Crippen LogP contribution in [-0.2, 0) is 16.6 Å². The molecule has 9 heteroatoms. The van der Waals surface area contributed by atoms with Gasteiger partial charge >= 0.3 is 0 Å². The van der Waals surface area contributed by atoms with E-state index in [0.29, 0.717) is 31.7 Å². The van der Waals surface area contributed by atoms with Gasteiger partial charge in [-0.05, 0) is 32.0 Å². The average molecular weight is 421 g/mol. The largest absolute Gasteiger partial charge is 0.496 e. The monoisotopic (exact) mass is 420 g/mol. The standard InChI is InChI=1S/C20H25N3O5S/c1-15-4-7-20(28-3)17(12-15)14-21-8-10-22(11-9-21)29(26,27)18-6-5-16(2)19(13-18)23(24)25/h4-7,12-13H,8-11,14H2,1-3H3/p+1. The molecule has 0 aromatic heterocycles. The van der Waals surface area contributed by atoms with Gasteiger partial charge in [-0.3, -0.25) is 10.1 Å². The molecule has 1 fully saturated rings. The number of nitro groups is 1. The second kappa shape index (κ2) is 8.48. The smallest absolute Gasteiger partial charge is 0.273 e. The topological polar surface area (TPSA) is 94.2 Å². The van der Waals surface area contributed by atoms with Crippen LogP contribution in [-0.4, -0.2) is 50.9 Å². The van der Waals surface area contributed by atoms with Gasteiger partial charge in [0.15, 0.2) is 0 Å². The van der Waals surface area contributed by atoms with Crippen LogP contribution in [0.2, 0.25) is 0 Å². The van der Waals surface area contributed by atoms with E-state index >= 15 is 0 Å². The van der Waals surface area contributed by atoms with Gasteiger partial charge in [-0.2, -0.15) is 4.31 Å². The normalized spacial score (nSPS) is 16.0. The minimum atomic E-state index is -3.76. The fourth-order valence-corrected chi connectivity index (χ4v) is 5.09. The number of hydrogen-bond donors (Lipinski definition) is 1. The maximum atomic E-state index is 13.0. The molecule has 1 heterocycles. The van der Waals surface area contributed by atoms with Gasteiger partial charge in [-0.1, -0.05) is 17.7 Å². The summed E-state index contributed by atoms with van der Waals surface area (Å²) < 4.78 is 32.8. The Morgan fingerprint density at radius 2 is 1.83 bits per heavy atom. The molecule has 1 aliphatic rings. The molecule has 2 aromatic carbocycles. The van der Waals surface area contributed by atoms with Gasteiger partial charge in [0.2, 0.25) is 10.0 Å².